The van der Waals surface area contributed by atoms with Crippen molar-refractivity contribution >= 4 is 11.8 Å². The molecule has 1 saturated heterocycles. The van der Waals surface area contributed by atoms with E-state index in [2.05, 4.69) is 14.6 Å². The van der Waals surface area contributed by atoms with Gasteiger partial charge in [-0.2, -0.15) is 0 Å². The van der Waals surface area contributed by atoms with Crippen molar-refractivity contribution < 1.29 is 14.3 Å². The van der Waals surface area contributed by atoms with Crippen molar-refractivity contribution in [2.45, 2.75) is 6.92 Å². The average Bonchev–Trinajstić information content (AvgIpc) is 2.39. The highest BCUT2D eigenvalue weighted by Crippen LogP contribution is 2.17. The van der Waals surface area contributed by atoms with Crippen LogP contribution in [0.3, 0.4) is 0 Å². The lowest BCUT2D eigenvalue weighted by molar-refractivity contribution is 0.0599. The Hall–Kier alpha value is -1.62. The van der Waals surface area contributed by atoms with Gasteiger partial charge in [0.1, 0.15) is 5.82 Å². The van der Waals surface area contributed by atoms with Gasteiger partial charge in [0.2, 0.25) is 0 Å². The third-order valence-corrected chi connectivity index (χ3v) is 2.84. The molecule has 0 aromatic carbocycles. The van der Waals surface area contributed by atoms with Crippen molar-refractivity contribution in [1.82, 2.24) is 4.98 Å². The number of nitrogens with zero attached hydrogens (tertiary/aromatic N) is 2. The van der Waals surface area contributed by atoms with Crippen LogP contribution in [0.5, 0.6) is 0 Å². The molecule has 1 fully saturated rings. The van der Waals surface area contributed by atoms with E-state index in [1.165, 1.54) is 7.11 Å². The standard InChI is InChI=1S/C12H16N2O3/c1-9-7-11(14-3-5-17-6-4-14)13-8-10(9)12(15)16-2/h7-8H,3-6H2,1-2H3. The summed E-state index contributed by atoms with van der Waals surface area (Å²) >= 11 is 0. The number of anilines is 1. The van der Waals surface area contributed by atoms with Gasteiger partial charge in [0, 0.05) is 19.3 Å². The number of carbonyl (C=O) groups is 1. The topological polar surface area (TPSA) is 51.7 Å². The van der Waals surface area contributed by atoms with Crippen molar-refractivity contribution in [3.63, 3.8) is 0 Å². The van der Waals surface area contributed by atoms with E-state index in [9.17, 15) is 4.79 Å². The van der Waals surface area contributed by atoms with E-state index < -0.39 is 0 Å². The number of aryl methyl sites for hydroxylation is 1. The molecule has 0 spiro atoms. The summed E-state index contributed by atoms with van der Waals surface area (Å²) in [7, 11) is 1.37. The van der Waals surface area contributed by atoms with Crippen LogP contribution in [0.15, 0.2) is 12.3 Å². The molecule has 5 nitrogen and oxygen atoms in total. The highest BCUT2D eigenvalue weighted by atomic mass is 16.5. The van der Waals surface area contributed by atoms with E-state index in [1.807, 2.05) is 13.0 Å². The van der Waals surface area contributed by atoms with Gasteiger partial charge in [-0.05, 0) is 18.6 Å². The molecular formula is C12H16N2O3. The molecule has 17 heavy (non-hydrogen) atoms. The van der Waals surface area contributed by atoms with Crippen LogP contribution in [0.4, 0.5) is 5.82 Å². The summed E-state index contributed by atoms with van der Waals surface area (Å²) in [6, 6.07) is 1.91. The van der Waals surface area contributed by atoms with Crippen LogP contribution >= 0.6 is 0 Å². The molecule has 0 bridgehead atoms. The highest BCUT2D eigenvalue weighted by Gasteiger charge is 2.15. The van der Waals surface area contributed by atoms with E-state index in [0.29, 0.717) is 5.56 Å². The molecule has 0 atom stereocenters. The summed E-state index contributed by atoms with van der Waals surface area (Å²) in [5.74, 6) is 0.544. The van der Waals surface area contributed by atoms with E-state index in [0.717, 1.165) is 37.7 Å². The first kappa shape index (κ1) is 11.9. The van der Waals surface area contributed by atoms with E-state index in [1.54, 1.807) is 6.20 Å². The van der Waals surface area contributed by atoms with Gasteiger partial charge in [-0.3, -0.25) is 0 Å². The molecule has 0 N–H and O–H groups in total. The van der Waals surface area contributed by atoms with Gasteiger partial charge in [-0.15, -0.1) is 0 Å². The number of esters is 1. The van der Waals surface area contributed by atoms with Gasteiger partial charge in [-0.25, -0.2) is 9.78 Å². The molecule has 2 heterocycles. The van der Waals surface area contributed by atoms with Crippen molar-refractivity contribution in [3.05, 3.63) is 23.4 Å². The molecule has 0 amide bonds. The van der Waals surface area contributed by atoms with Crippen molar-refractivity contribution in [3.8, 4) is 0 Å². The Kier molecular flexibility index (Phi) is 3.58. The van der Waals surface area contributed by atoms with Crippen LogP contribution < -0.4 is 4.90 Å². The number of pyridine rings is 1. The monoisotopic (exact) mass is 236 g/mol. The van der Waals surface area contributed by atoms with Gasteiger partial charge in [0.05, 0.1) is 25.9 Å². The van der Waals surface area contributed by atoms with Gasteiger partial charge in [-0.1, -0.05) is 0 Å². The van der Waals surface area contributed by atoms with Gasteiger partial charge >= 0.3 is 5.97 Å². The lowest BCUT2D eigenvalue weighted by Gasteiger charge is -2.28. The molecule has 0 aliphatic carbocycles. The first-order valence-electron chi connectivity index (χ1n) is 5.60. The zero-order valence-electron chi connectivity index (χ0n) is 10.1. The Labute approximate surface area is 100 Å². The number of morpholine rings is 1. The maximum Gasteiger partial charge on any atom is 0.339 e. The van der Waals surface area contributed by atoms with Crippen molar-refractivity contribution in [2.24, 2.45) is 0 Å². The zero-order valence-corrected chi connectivity index (χ0v) is 10.1. The average molecular weight is 236 g/mol. The molecule has 5 heteroatoms. The Bertz CT molecular complexity index is 414. The summed E-state index contributed by atoms with van der Waals surface area (Å²) in [5.41, 5.74) is 1.40. The van der Waals surface area contributed by atoms with Gasteiger partial charge < -0.3 is 14.4 Å². The Morgan fingerprint density at radius 2 is 2.18 bits per heavy atom. The Balaban J connectivity index is 2.20. The van der Waals surface area contributed by atoms with E-state index >= 15 is 0 Å². The van der Waals surface area contributed by atoms with E-state index in [4.69, 9.17) is 4.74 Å². The van der Waals surface area contributed by atoms with Crippen LogP contribution in [-0.2, 0) is 9.47 Å². The summed E-state index contributed by atoms with van der Waals surface area (Å²) in [5, 5.41) is 0. The second kappa shape index (κ2) is 5.14. The van der Waals surface area contributed by atoms with Crippen LogP contribution in [0, 0.1) is 6.92 Å². The van der Waals surface area contributed by atoms with Crippen LogP contribution in [0.2, 0.25) is 0 Å². The lowest BCUT2D eigenvalue weighted by Crippen LogP contribution is -2.36. The number of carbonyl (C=O) groups excluding carboxylic acids is 1. The molecule has 1 aliphatic heterocycles. The maximum atomic E-state index is 11.4. The largest absolute Gasteiger partial charge is 0.465 e. The van der Waals surface area contributed by atoms with Crippen molar-refractivity contribution in [2.75, 3.05) is 38.3 Å². The molecule has 92 valence electrons. The van der Waals surface area contributed by atoms with Gasteiger partial charge in [0.25, 0.3) is 0 Å². The SMILES string of the molecule is COC(=O)c1cnc(N2CCOCC2)cc1C. The molecule has 0 unspecified atom stereocenters. The van der Waals surface area contributed by atoms with Crippen LogP contribution in [0.25, 0.3) is 0 Å². The summed E-state index contributed by atoms with van der Waals surface area (Å²) in [6.45, 7) is 5.00. The number of hydrogen-bond donors (Lipinski definition) is 0. The molecule has 2 rings (SSSR count). The zero-order chi connectivity index (χ0) is 12.3. The van der Waals surface area contributed by atoms with Gasteiger partial charge in [0.15, 0.2) is 0 Å². The number of aromatic nitrogens is 1. The fourth-order valence-electron chi connectivity index (χ4n) is 1.83. The Morgan fingerprint density at radius 1 is 1.47 bits per heavy atom. The first-order chi connectivity index (χ1) is 8.22. The second-order valence-electron chi connectivity index (χ2n) is 3.95. The Morgan fingerprint density at radius 3 is 2.76 bits per heavy atom. The number of hydrogen-bond acceptors (Lipinski definition) is 5. The lowest BCUT2D eigenvalue weighted by atomic mass is 10.1. The minimum absolute atomic E-state index is 0.344. The minimum atomic E-state index is -0.344. The summed E-state index contributed by atoms with van der Waals surface area (Å²) in [6.07, 6.45) is 1.58. The number of ether oxygens (including phenoxy) is 2. The van der Waals surface area contributed by atoms with Crippen molar-refractivity contribution in [1.29, 1.82) is 0 Å². The smallest absolute Gasteiger partial charge is 0.339 e. The third-order valence-electron chi connectivity index (χ3n) is 2.84. The molecule has 1 aliphatic rings. The predicted octanol–water partition coefficient (Wildman–Crippen LogP) is 1.01. The molecule has 1 aromatic rings. The molecular weight excluding hydrogens is 220 g/mol. The fraction of sp³-hybridized carbons (Fsp3) is 0.500. The second-order valence-corrected chi connectivity index (χ2v) is 3.95. The number of rotatable bonds is 2. The maximum absolute atomic E-state index is 11.4. The van der Waals surface area contributed by atoms with E-state index in [-0.39, 0.29) is 5.97 Å². The fourth-order valence-corrected chi connectivity index (χ4v) is 1.83. The quantitative estimate of drug-likeness (QED) is 0.717. The first-order valence-corrected chi connectivity index (χ1v) is 5.60. The van der Waals surface area contributed by atoms with Crippen LogP contribution in [-0.4, -0.2) is 44.4 Å². The molecule has 0 radical (unpaired) electrons. The molecule has 0 saturated carbocycles. The summed E-state index contributed by atoms with van der Waals surface area (Å²) in [4.78, 5) is 17.9. The predicted molar refractivity (Wildman–Crippen MR) is 63.3 cm³/mol. The summed E-state index contributed by atoms with van der Waals surface area (Å²) < 4.78 is 9.98. The normalized spacial score (nSPS) is 15.8. The van der Waals surface area contributed by atoms with Crippen LogP contribution in [0.1, 0.15) is 15.9 Å². The highest BCUT2D eigenvalue weighted by molar-refractivity contribution is 5.90. The number of methoxy groups -OCH3 is 1. The third kappa shape index (κ3) is 2.55. The minimum Gasteiger partial charge on any atom is -0.465 e. The molecule has 1 aromatic heterocycles.